The topological polar surface area (TPSA) is 21.3 Å². The third kappa shape index (κ3) is 3.89. The number of hydrogen-bond donors (Lipinski definition) is 1. The number of hydrogen-bond acceptors (Lipinski definition) is 2. The van der Waals surface area contributed by atoms with E-state index in [1.807, 2.05) is 0 Å². The largest absolute Gasteiger partial charge is 0.372 e. The minimum Gasteiger partial charge on any atom is -0.372 e. The molecule has 0 aromatic carbocycles. The lowest BCUT2D eigenvalue weighted by atomic mass is 10.1. The van der Waals surface area contributed by atoms with E-state index < -0.39 is 0 Å². The highest BCUT2D eigenvalue weighted by molar-refractivity contribution is 9.11. The van der Waals surface area contributed by atoms with Gasteiger partial charge in [-0.05, 0) is 19.4 Å². The quantitative estimate of drug-likeness (QED) is 0.781. The Kier molecular flexibility index (Phi) is 4.12. The number of piperidine rings is 1. The molecule has 0 radical (unpaired) electrons. The molecule has 1 N–H and O–H groups in total. The molecule has 0 aromatic heterocycles. The van der Waals surface area contributed by atoms with Gasteiger partial charge in [0.2, 0.25) is 0 Å². The predicted octanol–water partition coefficient (Wildman–Crippen LogP) is 1.66. The van der Waals surface area contributed by atoms with Crippen LogP contribution >= 0.6 is 15.9 Å². The molecular formula is C8H14BrNO. The monoisotopic (exact) mass is 219 g/mol. The molecular weight excluding hydrogens is 206 g/mol. The van der Waals surface area contributed by atoms with E-state index in [0.717, 1.165) is 17.6 Å². The van der Waals surface area contributed by atoms with Gasteiger partial charge in [0.1, 0.15) is 0 Å². The molecule has 0 saturated carbocycles. The van der Waals surface area contributed by atoms with Gasteiger partial charge >= 0.3 is 0 Å². The highest BCUT2D eigenvalue weighted by Gasteiger charge is 2.12. The summed E-state index contributed by atoms with van der Waals surface area (Å²) in [5.74, 6) is 0. The summed E-state index contributed by atoms with van der Waals surface area (Å²) in [7, 11) is 0. The van der Waals surface area contributed by atoms with E-state index in [1.54, 1.807) is 0 Å². The molecule has 0 bridgehead atoms. The summed E-state index contributed by atoms with van der Waals surface area (Å²) in [5, 5.41) is 3.29. The molecule has 1 rings (SSSR count). The Balaban J connectivity index is 2.09. The second kappa shape index (κ2) is 4.91. The average Bonchev–Trinajstić information content (AvgIpc) is 2.03. The van der Waals surface area contributed by atoms with Crippen LogP contribution in [0.15, 0.2) is 11.1 Å². The lowest BCUT2D eigenvalue weighted by molar-refractivity contribution is 0.0549. The van der Waals surface area contributed by atoms with Crippen LogP contribution in [-0.4, -0.2) is 25.8 Å². The van der Waals surface area contributed by atoms with Gasteiger partial charge in [-0.15, -0.1) is 0 Å². The van der Waals surface area contributed by atoms with Crippen molar-refractivity contribution in [2.24, 2.45) is 0 Å². The van der Waals surface area contributed by atoms with E-state index in [9.17, 15) is 0 Å². The van der Waals surface area contributed by atoms with Gasteiger partial charge in [0.05, 0.1) is 12.7 Å². The van der Waals surface area contributed by atoms with Crippen molar-refractivity contribution < 1.29 is 4.74 Å². The third-order valence-electron chi connectivity index (χ3n) is 1.73. The second-order valence-corrected chi connectivity index (χ2v) is 3.92. The van der Waals surface area contributed by atoms with Crippen LogP contribution in [0.3, 0.4) is 0 Å². The van der Waals surface area contributed by atoms with E-state index in [2.05, 4.69) is 27.8 Å². The van der Waals surface area contributed by atoms with Crippen LogP contribution in [0.25, 0.3) is 0 Å². The van der Waals surface area contributed by atoms with Crippen LogP contribution in [-0.2, 0) is 4.74 Å². The predicted molar refractivity (Wildman–Crippen MR) is 49.9 cm³/mol. The Labute approximate surface area is 76.1 Å². The van der Waals surface area contributed by atoms with E-state index in [0.29, 0.717) is 12.7 Å². The van der Waals surface area contributed by atoms with Crippen molar-refractivity contribution in [2.75, 3.05) is 19.7 Å². The zero-order chi connectivity index (χ0) is 8.10. The van der Waals surface area contributed by atoms with Crippen molar-refractivity contribution in [2.45, 2.75) is 18.9 Å². The normalized spacial score (nSPS) is 25.0. The van der Waals surface area contributed by atoms with E-state index in [-0.39, 0.29) is 0 Å². The molecule has 1 saturated heterocycles. The highest BCUT2D eigenvalue weighted by Crippen LogP contribution is 2.09. The number of halogens is 1. The van der Waals surface area contributed by atoms with Crippen LogP contribution in [0.2, 0.25) is 0 Å². The summed E-state index contributed by atoms with van der Waals surface area (Å²) in [5.41, 5.74) is 0. The molecule has 0 aromatic rings. The molecule has 0 spiro atoms. The minimum absolute atomic E-state index is 0.387. The minimum atomic E-state index is 0.387. The average molecular weight is 220 g/mol. The van der Waals surface area contributed by atoms with Crippen molar-refractivity contribution in [1.29, 1.82) is 0 Å². The Morgan fingerprint density at radius 3 is 3.09 bits per heavy atom. The molecule has 0 amide bonds. The maximum absolute atomic E-state index is 5.54. The molecule has 1 heterocycles. The third-order valence-corrected chi connectivity index (χ3v) is 1.96. The van der Waals surface area contributed by atoms with Gasteiger partial charge in [0.25, 0.3) is 0 Å². The maximum atomic E-state index is 5.54. The van der Waals surface area contributed by atoms with Gasteiger partial charge in [-0.25, -0.2) is 0 Å². The molecule has 64 valence electrons. The fraction of sp³-hybridized carbons (Fsp3) is 0.750. The molecule has 1 aliphatic heterocycles. The van der Waals surface area contributed by atoms with Crippen molar-refractivity contribution in [3.8, 4) is 0 Å². The van der Waals surface area contributed by atoms with Crippen LogP contribution in [0, 0.1) is 0 Å². The zero-order valence-electron chi connectivity index (χ0n) is 6.61. The molecule has 1 atom stereocenters. The molecule has 1 fully saturated rings. The molecule has 11 heavy (non-hydrogen) atoms. The number of ether oxygens (including phenoxy) is 1. The Hall–Kier alpha value is 0.140. The molecule has 3 heteroatoms. The van der Waals surface area contributed by atoms with Crippen molar-refractivity contribution in [3.05, 3.63) is 11.1 Å². The van der Waals surface area contributed by atoms with E-state index >= 15 is 0 Å². The first-order valence-electron chi connectivity index (χ1n) is 3.94. The Bertz CT molecular complexity index is 132. The standard InChI is InChI=1S/C8H14BrNO/c1-7(9)6-11-8-3-2-4-10-5-8/h8,10H,1-6H2. The maximum Gasteiger partial charge on any atom is 0.0780 e. The number of rotatable bonds is 3. The summed E-state index contributed by atoms with van der Waals surface area (Å²) >= 11 is 3.26. The molecule has 1 aliphatic rings. The lowest BCUT2D eigenvalue weighted by Gasteiger charge is -2.22. The van der Waals surface area contributed by atoms with Crippen molar-refractivity contribution in [1.82, 2.24) is 5.32 Å². The van der Waals surface area contributed by atoms with Gasteiger partial charge in [0, 0.05) is 11.0 Å². The van der Waals surface area contributed by atoms with Gasteiger partial charge in [-0.1, -0.05) is 22.5 Å². The fourth-order valence-electron chi connectivity index (χ4n) is 1.17. The number of nitrogens with one attached hydrogen (secondary N) is 1. The Morgan fingerprint density at radius 2 is 2.55 bits per heavy atom. The fourth-order valence-corrected chi connectivity index (χ4v) is 1.30. The summed E-state index contributed by atoms with van der Waals surface area (Å²) < 4.78 is 6.45. The molecule has 0 aliphatic carbocycles. The van der Waals surface area contributed by atoms with Crippen LogP contribution in [0.5, 0.6) is 0 Å². The highest BCUT2D eigenvalue weighted by atomic mass is 79.9. The van der Waals surface area contributed by atoms with Crippen LogP contribution < -0.4 is 5.32 Å². The van der Waals surface area contributed by atoms with Crippen LogP contribution in [0.4, 0.5) is 0 Å². The van der Waals surface area contributed by atoms with Crippen LogP contribution in [0.1, 0.15) is 12.8 Å². The van der Waals surface area contributed by atoms with E-state index in [4.69, 9.17) is 4.74 Å². The summed E-state index contributed by atoms with van der Waals surface area (Å²) in [6.45, 7) is 6.46. The van der Waals surface area contributed by atoms with Gasteiger partial charge in [-0.3, -0.25) is 0 Å². The zero-order valence-corrected chi connectivity index (χ0v) is 8.19. The first kappa shape index (κ1) is 9.23. The van der Waals surface area contributed by atoms with E-state index in [1.165, 1.54) is 12.8 Å². The van der Waals surface area contributed by atoms with Gasteiger partial charge in [-0.2, -0.15) is 0 Å². The Morgan fingerprint density at radius 1 is 1.73 bits per heavy atom. The van der Waals surface area contributed by atoms with Crippen molar-refractivity contribution in [3.63, 3.8) is 0 Å². The molecule has 1 unspecified atom stereocenters. The summed E-state index contributed by atoms with van der Waals surface area (Å²) in [6.07, 6.45) is 2.78. The molecule has 2 nitrogen and oxygen atoms in total. The first-order chi connectivity index (χ1) is 5.29. The van der Waals surface area contributed by atoms with Crippen molar-refractivity contribution >= 4 is 15.9 Å². The van der Waals surface area contributed by atoms with Gasteiger partial charge < -0.3 is 10.1 Å². The SMILES string of the molecule is C=C(Br)COC1CCCNC1. The first-order valence-corrected chi connectivity index (χ1v) is 4.74. The summed E-state index contributed by atoms with van der Waals surface area (Å²) in [6, 6.07) is 0. The second-order valence-electron chi connectivity index (χ2n) is 2.80. The smallest absolute Gasteiger partial charge is 0.0780 e. The lowest BCUT2D eigenvalue weighted by Crippen LogP contribution is -2.35. The van der Waals surface area contributed by atoms with Gasteiger partial charge in [0.15, 0.2) is 0 Å². The summed E-state index contributed by atoms with van der Waals surface area (Å²) in [4.78, 5) is 0.